The lowest BCUT2D eigenvalue weighted by Gasteiger charge is -2.19. The van der Waals surface area contributed by atoms with Crippen LogP contribution in [-0.2, 0) is 13.1 Å². The monoisotopic (exact) mass is 219 g/mol. The molecule has 1 aromatic rings. The van der Waals surface area contributed by atoms with Crippen LogP contribution in [0.5, 0.6) is 0 Å². The minimum Gasteiger partial charge on any atom is -0.326 e. The summed E-state index contributed by atoms with van der Waals surface area (Å²) in [7, 11) is 0. The van der Waals surface area contributed by atoms with E-state index in [2.05, 4.69) is 22.0 Å². The molecule has 0 radical (unpaired) electrons. The molecule has 1 saturated heterocycles. The van der Waals surface area contributed by atoms with Crippen LogP contribution in [-0.4, -0.2) is 23.0 Å². The van der Waals surface area contributed by atoms with Gasteiger partial charge in [0.25, 0.3) is 0 Å². The number of pyridine rings is 1. The molecular formula is C13H21N3. The molecule has 88 valence electrons. The molecule has 0 aromatic carbocycles. The van der Waals surface area contributed by atoms with Crippen LogP contribution in [0.2, 0.25) is 0 Å². The first kappa shape index (κ1) is 11.6. The molecule has 1 aliphatic heterocycles. The third kappa shape index (κ3) is 3.29. The molecular weight excluding hydrogens is 198 g/mol. The first-order valence-electron chi connectivity index (χ1n) is 6.25. The van der Waals surface area contributed by atoms with Gasteiger partial charge in [-0.3, -0.25) is 9.88 Å². The Kier molecular flexibility index (Phi) is 4.31. The predicted molar refractivity (Wildman–Crippen MR) is 65.9 cm³/mol. The number of nitrogens with zero attached hydrogens (tertiary/aromatic N) is 2. The van der Waals surface area contributed by atoms with E-state index in [0.717, 1.165) is 12.1 Å². The van der Waals surface area contributed by atoms with Crippen LogP contribution in [0.4, 0.5) is 0 Å². The van der Waals surface area contributed by atoms with Crippen molar-refractivity contribution in [3.63, 3.8) is 0 Å². The molecule has 3 nitrogen and oxygen atoms in total. The fraction of sp³-hybridized carbons (Fsp3) is 0.615. The van der Waals surface area contributed by atoms with Gasteiger partial charge in [-0.05, 0) is 37.6 Å². The highest BCUT2D eigenvalue weighted by atomic mass is 15.1. The van der Waals surface area contributed by atoms with Gasteiger partial charge in [0.15, 0.2) is 0 Å². The maximum absolute atomic E-state index is 5.55. The van der Waals surface area contributed by atoms with Crippen LogP contribution >= 0.6 is 0 Å². The normalized spacial score (nSPS) is 18.3. The van der Waals surface area contributed by atoms with Crippen molar-refractivity contribution in [3.8, 4) is 0 Å². The maximum Gasteiger partial charge on any atom is 0.0544 e. The molecule has 1 aromatic heterocycles. The Bertz CT molecular complexity index is 299. The first-order chi connectivity index (χ1) is 7.88. The van der Waals surface area contributed by atoms with Crippen LogP contribution in [0.15, 0.2) is 18.3 Å². The second-order valence-corrected chi connectivity index (χ2v) is 4.55. The van der Waals surface area contributed by atoms with E-state index >= 15 is 0 Å². The topological polar surface area (TPSA) is 42.1 Å². The summed E-state index contributed by atoms with van der Waals surface area (Å²) in [6.07, 6.45) is 7.33. The zero-order valence-electron chi connectivity index (χ0n) is 9.86. The van der Waals surface area contributed by atoms with Crippen LogP contribution < -0.4 is 5.73 Å². The molecule has 0 atom stereocenters. The summed E-state index contributed by atoms with van der Waals surface area (Å²) in [6, 6.07) is 4.19. The van der Waals surface area contributed by atoms with E-state index in [9.17, 15) is 0 Å². The Hall–Kier alpha value is -0.930. The Balaban J connectivity index is 1.91. The van der Waals surface area contributed by atoms with Crippen molar-refractivity contribution in [2.75, 3.05) is 13.1 Å². The van der Waals surface area contributed by atoms with Crippen molar-refractivity contribution in [2.45, 2.75) is 38.8 Å². The molecule has 2 rings (SSSR count). The van der Waals surface area contributed by atoms with Gasteiger partial charge < -0.3 is 5.73 Å². The molecule has 2 N–H and O–H groups in total. The number of hydrogen-bond donors (Lipinski definition) is 1. The van der Waals surface area contributed by atoms with Crippen molar-refractivity contribution in [2.24, 2.45) is 5.73 Å². The summed E-state index contributed by atoms with van der Waals surface area (Å²) < 4.78 is 0. The number of nitrogens with two attached hydrogens (primary N) is 1. The standard InChI is InChI=1S/C13H21N3/c14-9-12-5-6-13(15-10-12)11-16-7-3-1-2-4-8-16/h5-6,10H,1-4,7-9,11,14H2. The summed E-state index contributed by atoms with van der Waals surface area (Å²) in [4.78, 5) is 6.96. The van der Waals surface area contributed by atoms with E-state index < -0.39 is 0 Å². The molecule has 1 fully saturated rings. The minimum absolute atomic E-state index is 0.580. The van der Waals surface area contributed by atoms with Crippen LogP contribution in [0, 0.1) is 0 Å². The van der Waals surface area contributed by atoms with Crippen molar-refractivity contribution >= 4 is 0 Å². The smallest absolute Gasteiger partial charge is 0.0544 e. The molecule has 3 heteroatoms. The quantitative estimate of drug-likeness (QED) is 0.844. The van der Waals surface area contributed by atoms with Gasteiger partial charge in [-0.1, -0.05) is 18.9 Å². The SMILES string of the molecule is NCc1ccc(CN2CCCCCC2)nc1. The highest BCUT2D eigenvalue weighted by Gasteiger charge is 2.09. The van der Waals surface area contributed by atoms with Crippen molar-refractivity contribution < 1.29 is 0 Å². The van der Waals surface area contributed by atoms with Gasteiger partial charge in [0, 0.05) is 19.3 Å². The van der Waals surface area contributed by atoms with E-state index in [-0.39, 0.29) is 0 Å². The largest absolute Gasteiger partial charge is 0.326 e. The van der Waals surface area contributed by atoms with Crippen LogP contribution in [0.1, 0.15) is 36.9 Å². The number of hydrogen-bond acceptors (Lipinski definition) is 3. The Morgan fingerprint density at radius 1 is 1.12 bits per heavy atom. The van der Waals surface area contributed by atoms with Crippen molar-refractivity contribution in [1.29, 1.82) is 0 Å². The average molecular weight is 219 g/mol. The third-order valence-electron chi connectivity index (χ3n) is 3.21. The number of rotatable bonds is 3. The highest BCUT2D eigenvalue weighted by Crippen LogP contribution is 2.12. The Labute approximate surface area is 97.7 Å². The lowest BCUT2D eigenvalue weighted by atomic mass is 10.2. The van der Waals surface area contributed by atoms with Gasteiger partial charge >= 0.3 is 0 Å². The summed E-state index contributed by atoms with van der Waals surface area (Å²) >= 11 is 0. The van der Waals surface area contributed by atoms with Gasteiger partial charge in [0.2, 0.25) is 0 Å². The lowest BCUT2D eigenvalue weighted by molar-refractivity contribution is 0.273. The fourth-order valence-corrected chi connectivity index (χ4v) is 2.19. The van der Waals surface area contributed by atoms with E-state index in [1.807, 2.05) is 6.20 Å². The second-order valence-electron chi connectivity index (χ2n) is 4.55. The summed E-state index contributed by atoms with van der Waals surface area (Å²) in [5.41, 5.74) is 7.83. The van der Waals surface area contributed by atoms with Gasteiger partial charge in [-0.25, -0.2) is 0 Å². The summed E-state index contributed by atoms with van der Waals surface area (Å²) in [6.45, 7) is 4.02. The molecule has 0 amide bonds. The molecule has 0 spiro atoms. The second kappa shape index (κ2) is 5.97. The maximum atomic E-state index is 5.55. The molecule has 0 bridgehead atoms. The third-order valence-corrected chi connectivity index (χ3v) is 3.21. The minimum atomic E-state index is 0.580. The van der Waals surface area contributed by atoms with Crippen molar-refractivity contribution in [3.05, 3.63) is 29.6 Å². The van der Waals surface area contributed by atoms with Crippen LogP contribution in [0.3, 0.4) is 0 Å². The van der Waals surface area contributed by atoms with Gasteiger partial charge in [0.05, 0.1) is 5.69 Å². The highest BCUT2D eigenvalue weighted by molar-refractivity contribution is 5.13. The van der Waals surface area contributed by atoms with E-state index in [4.69, 9.17) is 5.73 Å². The van der Waals surface area contributed by atoms with Crippen LogP contribution in [0.25, 0.3) is 0 Å². The van der Waals surface area contributed by atoms with E-state index in [1.165, 1.54) is 44.5 Å². The predicted octanol–water partition coefficient (Wildman–Crippen LogP) is 1.92. The molecule has 2 heterocycles. The van der Waals surface area contributed by atoms with Crippen molar-refractivity contribution in [1.82, 2.24) is 9.88 Å². The van der Waals surface area contributed by atoms with Gasteiger partial charge in [0.1, 0.15) is 0 Å². The summed E-state index contributed by atoms with van der Waals surface area (Å²) in [5.74, 6) is 0. The fourth-order valence-electron chi connectivity index (χ4n) is 2.19. The molecule has 1 aliphatic rings. The average Bonchev–Trinajstić information content (AvgIpc) is 2.59. The lowest BCUT2D eigenvalue weighted by Crippen LogP contribution is -2.24. The Morgan fingerprint density at radius 2 is 1.88 bits per heavy atom. The molecule has 0 saturated carbocycles. The zero-order valence-corrected chi connectivity index (χ0v) is 9.86. The van der Waals surface area contributed by atoms with E-state index in [0.29, 0.717) is 6.54 Å². The molecule has 0 aliphatic carbocycles. The zero-order chi connectivity index (χ0) is 11.2. The van der Waals surface area contributed by atoms with Gasteiger partial charge in [-0.15, -0.1) is 0 Å². The Morgan fingerprint density at radius 3 is 2.44 bits per heavy atom. The number of aromatic nitrogens is 1. The van der Waals surface area contributed by atoms with E-state index in [1.54, 1.807) is 0 Å². The molecule has 16 heavy (non-hydrogen) atoms. The molecule has 0 unspecified atom stereocenters. The first-order valence-corrected chi connectivity index (χ1v) is 6.25. The van der Waals surface area contributed by atoms with Gasteiger partial charge in [-0.2, -0.15) is 0 Å². The number of likely N-dealkylation sites (tertiary alicyclic amines) is 1. The summed E-state index contributed by atoms with van der Waals surface area (Å²) in [5, 5.41) is 0.